The molecule has 0 spiro atoms. The Bertz CT molecular complexity index is 386. The highest BCUT2D eigenvalue weighted by Gasteiger charge is 2.26. The van der Waals surface area contributed by atoms with Gasteiger partial charge < -0.3 is 21.1 Å². The first-order valence-electron chi connectivity index (χ1n) is 5.06. The van der Waals surface area contributed by atoms with Crippen molar-refractivity contribution >= 4 is 35.5 Å². The summed E-state index contributed by atoms with van der Waals surface area (Å²) in [6, 6.07) is -1.36. The van der Waals surface area contributed by atoms with Gasteiger partial charge in [-0.1, -0.05) is 0 Å². The molecule has 1 saturated heterocycles. The lowest BCUT2D eigenvalue weighted by Gasteiger charge is -2.17. The molecule has 0 aliphatic carbocycles. The molecule has 0 bridgehead atoms. The highest BCUT2D eigenvalue weighted by molar-refractivity contribution is 8.00. The molecule has 1 aliphatic rings. The monoisotopic (exact) mass is 275 g/mol. The first kappa shape index (κ1) is 14.3. The van der Waals surface area contributed by atoms with Crippen molar-refractivity contribution in [2.45, 2.75) is 12.5 Å². The van der Waals surface area contributed by atoms with Crippen molar-refractivity contribution in [1.82, 2.24) is 10.2 Å². The normalized spacial score (nSPS) is 16.4. The standard InChI is InChI=1S/C9H13N3O5S/c10-6(13)1-5(9(16)17)11-7(14)2-12-4-18-3-8(12)15/h5H,1-4H2,(H2,10,13)(H,11,14)(H,16,17)/t5-/m0/s1. The zero-order valence-corrected chi connectivity index (χ0v) is 10.2. The summed E-state index contributed by atoms with van der Waals surface area (Å²) in [7, 11) is 0. The second-order valence-electron chi connectivity index (χ2n) is 3.70. The fourth-order valence-corrected chi connectivity index (χ4v) is 2.26. The highest BCUT2D eigenvalue weighted by Crippen LogP contribution is 2.13. The number of nitrogens with zero attached hydrogens (tertiary/aromatic N) is 1. The van der Waals surface area contributed by atoms with Gasteiger partial charge in [0, 0.05) is 0 Å². The van der Waals surface area contributed by atoms with E-state index in [-0.39, 0.29) is 12.5 Å². The Morgan fingerprint density at radius 1 is 1.50 bits per heavy atom. The molecule has 0 aromatic carbocycles. The molecule has 0 saturated carbocycles. The van der Waals surface area contributed by atoms with Crippen LogP contribution >= 0.6 is 11.8 Å². The van der Waals surface area contributed by atoms with Crippen LogP contribution in [0.5, 0.6) is 0 Å². The van der Waals surface area contributed by atoms with Crippen LogP contribution in [0.4, 0.5) is 0 Å². The number of nitrogens with one attached hydrogen (secondary N) is 1. The van der Waals surface area contributed by atoms with Crippen LogP contribution in [0.15, 0.2) is 0 Å². The van der Waals surface area contributed by atoms with Crippen molar-refractivity contribution in [3.63, 3.8) is 0 Å². The molecular formula is C9H13N3O5S. The van der Waals surface area contributed by atoms with E-state index in [0.717, 1.165) is 0 Å². The molecule has 8 nitrogen and oxygen atoms in total. The van der Waals surface area contributed by atoms with Crippen LogP contribution in [-0.4, -0.2) is 57.9 Å². The van der Waals surface area contributed by atoms with Gasteiger partial charge in [0.1, 0.15) is 12.6 Å². The maximum atomic E-state index is 11.5. The quantitative estimate of drug-likeness (QED) is 0.512. The fraction of sp³-hybridized carbons (Fsp3) is 0.556. The van der Waals surface area contributed by atoms with Gasteiger partial charge in [0.05, 0.1) is 18.1 Å². The summed E-state index contributed by atoms with van der Waals surface area (Å²) in [4.78, 5) is 45.5. The molecular weight excluding hydrogens is 262 g/mol. The number of hydrogen-bond donors (Lipinski definition) is 3. The zero-order chi connectivity index (χ0) is 13.7. The van der Waals surface area contributed by atoms with Gasteiger partial charge >= 0.3 is 5.97 Å². The number of carboxylic acids is 1. The van der Waals surface area contributed by atoms with E-state index in [2.05, 4.69) is 5.32 Å². The average Bonchev–Trinajstić information content (AvgIpc) is 2.62. The van der Waals surface area contributed by atoms with Crippen molar-refractivity contribution < 1.29 is 24.3 Å². The lowest BCUT2D eigenvalue weighted by molar-refractivity contribution is -0.143. The molecule has 100 valence electrons. The van der Waals surface area contributed by atoms with E-state index in [1.165, 1.54) is 16.7 Å². The van der Waals surface area contributed by atoms with Gasteiger partial charge in [0.25, 0.3) is 0 Å². The van der Waals surface area contributed by atoms with E-state index >= 15 is 0 Å². The Kier molecular flexibility index (Phi) is 4.95. The van der Waals surface area contributed by atoms with Gasteiger partial charge in [-0.05, 0) is 0 Å². The van der Waals surface area contributed by atoms with E-state index in [1.807, 2.05) is 0 Å². The molecule has 3 amide bonds. The second-order valence-corrected chi connectivity index (χ2v) is 4.65. The summed E-state index contributed by atoms with van der Waals surface area (Å²) in [5.74, 6) is -2.24. The molecule has 0 unspecified atom stereocenters. The van der Waals surface area contributed by atoms with Crippen LogP contribution in [0.3, 0.4) is 0 Å². The van der Waals surface area contributed by atoms with Crippen molar-refractivity contribution in [3.8, 4) is 0 Å². The average molecular weight is 275 g/mol. The molecule has 18 heavy (non-hydrogen) atoms. The SMILES string of the molecule is NC(=O)C[C@H](NC(=O)CN1CSCC1=O)C(=O)O. The molecule has 1 aliphatic heterocycles. The van der Waals surface area contributed by atoms with E-state index in [4.69, 9.17) is 10.8 Å². The van der Waals surface area contributed by atoms with E-state index in [0.29, 0.717) is 11.6 Å². The van der Waals surface area contributed by atoms with Crippen LogP contribution in [0.25, 0.3) is 0 Å². The number of thioether (sulfide) groups is 1. The van der Waals surface area contributed by atoms with E-state index in [1.54, 1.807) is 0 Å². The lowest BCUT2D eigenvalue weighted by atomic mass is 10.2. The number of nitrogens with two attached hydrogens (primary N) is 1. The van der Waals surface area contributed by atoms with Gasteiger partial charge in [-0.15, -0.1) is 11.8 Å². The number of carbonyl (C=O) groups is 4. The predicted octanol–water partition coefficient (Wildman–Crippen LogP) is -2.04. The van der Waals surface area contributed by atoms with Crippen LogP contribution in [0, 0.1) is 0 Å². The fourth-order valence-electron chi connectivity index (χ4n) is 1.35. The first-order chi connectivity index (χ1) is 8.40. The van der Waals surface area contributed by atoms with Crippen LogP contribution in [0.2, 0.25) is 0 Å². The summed E-state index contributed by atoms with van der Waals surface area (Å²) in [5, 5.41) is 10.9. The van der Waals surface area contributed by atoms with Gasteiger partial charge in [-0.3, -0.25) is 14.4 Å². The smallest absolute Gasteiger partial charge is 0.326 e. The molecule has 1 fully saturated rings. The summed E-state index contributed by atoms with van der Waals surface area (Å²) in [5.41, 5.74) is 4.87. The second kappa shape index (κ2) is 6.24. The van der Waals surface area contributed by atoms with Gasteiger partial charge in [0.2, 0.25) is 17.7 Å². The summed E-state index contributed by atoms with van der Waals surface area (Å²) >= 11 is 1.37. The molecule has 0 aromatic rings. The third-order valence-electron chi connectivity index (χ3n) is 2.20. The number of carboxylic acid groups (broad SMARTS) is 1. The number of rotatable bonds is 6. The first-order valence-corrected chi connectivity index (χ1v) is 6.21. The maximum Gasteiger partial charge on any atom is 0.326 e. The van der Waals surface area contributed by atoms with Crippen LogP contribution < -0.4 is 11.1 Å². The zero-order valence-electron chi connectivity index (χ0n) is 9.42. The van der Waals surface area contributed by atoms with Crippen molar-refractivity contribution in [2.24, 2.45) is 5.73 Å². The molecule has 4 N–H and O–H groups in total. The number of amides is 3. The molecule has 9 heteroatoms. The third kappa shape index (κ3) is 4.24. The number of carbonyl (C=O) groups excluding carboxylic acids is 3. The number of primary amides is 1. The Morgan fingerprint density at radius 2 is 2.17 bits per heavy atom. The van der Waals surface area contributed by atoms with Crippen LogP contribution in [-0.2, 0) is 19.2 Å². The van der Waals surface area contributed by atoms with Gasteiger partial charge in [0.15, 0.2) is 0 Å². The minimum Gasteiger partial charge on any atom is -0.480 e. The summed E-state index contributed by atoms with van der Waals surface area (Å²) in [6.45, 7) is -0.214. The molecule has 0 aromatic heterocycles. The minimum atomic E-state index is -1.36. The van der Waals surface area contributed by atoms with Crippen molar-refractivity contribution in [2.75, 3.05) is 18.2 Å². The van der Waals surface area contributed by atoms with Crippen molar-refractivity contribution in [3.05, 3.63) is 0 Å². The summed E-state index contributed by atoms with van der Waals surface area (Å²) in [6.07, 6.45) is -0.482. The Labute approximate surface area is 107 Å². The summed E-state index contributed by atoms with van der Waals surface area (Å²) < 4.78 is 0. The number of hydrogen-bond acceptors (Lipinski definition) is 5. The Hall–Kier alpha value is -1.77. The molecule has 1 atom stereocenters. The Balaban J connectivity index is 2.48. The minimum absolute atomic E-state index is 0.170. The van der Waals surface area contributed by atoms with Crippen molar-refractivity contribution in [1.29, 1.82) is 0 Å². The maximum absolute atomic E-state index is 11.5. The van der Waals surface area contributed by atoms with E-state index in [9.17, 15) is 19.2 Å². The third-order valence-corrected chi connectivity index (χ3v) is 3.14. The predicted molar refractivity (Wildman–Crippen MR) is 62.4 cm³/mol. The molecule has 0 radical (unpaired) electrons. The topological polar surface area (TPSA) is 130 Å². The molecule has 1 rings (SSSR count). The number of aliphatic carboxylic acids is 1. The van der Waals surface area contributed by atoms with E-state index < -0.39 is 30.2 Å². The largest absolute Gasteiger partial charge is 0.480 e. The van der Waals surface area contributed by atoms with Gasteiger partial charge in [-0.25, -0.2) is 4.79 Å². The highest BCUT2D eigenvalue weighted by atomic mass is 32.2. The van der Waals surface area contributed by atoms with Crippen LogP contribution in [0.1, 0.15) is 6.42 Å². The van der Waals surface area contributed by atoms with Gasteiger partial charge in [-0.2, -0.15) is 0 Å². The lowest BCUT2D eigenvalue weighted by Crippen LogP contribution is -2.47. The molecule has 1 heterocycles. The Morgan fingerprint density at radius 3 is 2.61 bits per heavy atom.